The van der Waals surface area contributed by atoms with E-state index >= 15 is 0 Å². The quantitative estimate of drug-likeness (QED) is 0.403. The van der Waals surface area contributed by atoms with Crippen molar-refractivity contribution in [3.05, 3.63) is 34.9 Å². The van der Waals surface area contributed by atoms with E-state index in [4.69, 9.17) is 9.98 Å². The van der Waals surface area contributed by atoms with E-state index in [0.717, 1.165) is 5.71 Å². The molecule has 4 N–H and O–H groups in total. The third-order valence-electron chi connectivity index (χ3n) is 3.63. The number of hydrogen-bond acceptors (Lipinski definition) is 8. The molecule has 1 aromatic carbocycles. The van der Waals surface area contributed by atoms with Gasteiger partial charge in [0.2, 0.25) is 16.0 Å². The second-order valence-corrected chi connectivity index (χ2v) is 9.80. The van der Waals surface area contributed by atoms with Crippen molar-refractivity contribution in [2.75, 3.05) is 10.6 Å². The molecule has 0 aliphatic heterocycles. The number of benzene rings is 1. The number of oxime groups is 1. The third-order valence-corrected chi connectivity index (χ3v) is 5.14. The zero-order valence-electron chi connectivity index (χ0n) is 16.9. The lowest BCUT2D eigenvalue weighted by molar-refractivity contribution is 0.000418. The van der Waals surface area contributed by atoms with Crippen LogP contribution in [0.25, 0.3) is 0 Å². The smallest absolute Gasteiger partial charge is 0.238 e. The van der Waals surface area contributed by atoms with Gasteiger partial charge in [-0.2, -0.15) is 4.98 Å². The molecular formula is C18H25BrN6O3S. The van der Waals surface area contributed by atoms with Crippen molar-refractivity contribution in [1.29, 1.82) is 0 Å². The van der Waals surface area contributed by atoms with Gasteiger partial charge in [-0.05, 0) is 74.8 Å². The Kier molecular flexibility index (Phi) is 7.20. The highest BCUT2D eigenvalue weighted by atomic mass is 79.9. The Balaban J connectivity index is 2.13. The van der Waals surface area contributed by atoms with Crippen LogP contribution >= 0.6 is 15.9 Å². The monoisotopic (exact) mass is 484 g/mol. The molecule has 1 heterocycles. The van der Waals surface area contributed by atoms with E-state index in [-0.39, 0.29) is 16.5 Å². The summed E-state index contributed by atoms with van der Waals surface area (Å²) in [4.78, 5) is 14.2. The molecular weight excluding hydrogens is 460 g/mol. The molecule has 0 aliphatic carbocycles. The molecule has 2 rings (SSSR count). The molecule has 0 radical (unpaired) electrons. The summed E-state index contributed by atoms with van der Waals surface area (Å²) in [5, 5.41) is 15.5. The van der Waals surface area contributed by atoms with Gasteiger partial charge in [0.15, 0.2) is 0 Å². The Bertz CT molecular complexity index is 988. The summed E-state index contributed by atoms with van der Waals surface area (Å²) in [6.45, 7) is 9.59. The van der Waals surface area contributed by atoms with Gasteiger partial charge in [0.25, 0.3) is 0 Å². The molecule has 1 aromatic heterocycles. The molecule has 0 spiro atoms. The first kappa shape index (κ1) is 23.0. The minimum atomic E-state index is -3.74. The highest BCUT2D eigenvalue weighted by Crippen LogP contribution is 2.23. The number of rotatable bonds is 7. The molecule has 0 bridgehead atoms. The number of nitrogens with one attached hydrogen (secondary N) is 2. The molecule has 2 aromatic rings. The summed E-state index contributed by atoms with van der Waals surface area (Å²) in [5.41, 5.74) is 1.01. The summed E-state index contributed by atoms with van der Waals surface area (Å²) in [5.74, 6) is 0.910. The number of halogens is 1. The van der Waals surface area contributed by atoms with Gasteiger partial charge in [-0.15, -0.1) is 0 Å². The summed E-state index contributed by atoms with van der Waals surface area (Å²) in [6.07, 6.45) is 1.61. The second kappa shape index (κ2) is 9.06. The second-order valence-electron chi connectivity index (χ2n) is 7.39. The molecule has 9 nitrogen and oxygen atoms in total. The Morgan fingerprint density at radius 2 is 1.90 bits per heavy atom. The van der Waals surface area contributed by atoms with Crippen LogP contribution in [0.2, 0.25) is 0 Å². The summed E-state index contributed by atoms with van der Waals surface area (Å²) < 4.78 is 23.4. The van der Waals surface area contributed by atoms with Gasteiger partial charge >= 0.3 is 0 Å². The lowest BCUT2D eigenvalue weighted by Crippen LogP contribution is -2.26. The highest BCUT2D eigenvalue weighted by molar-refractivity contribution is 9.10. The minimum Gasteiger partial charge on any atom is -0.390 e. The fourth-order valence-electron chi connectivity index (χ4n) is 1.98. The maximum absolute atomic E-state index is 11.3. The van der Waals surface area contributed by atoms with Crippen molar-refractivity contribution in [3.63, 3.8) is 0 Å². The zero-order valence-corrected chi connectivity index (χ0v) is 19.3. The fourth-order valence-corrected chi connectivity index (χ4v) is 2.80. The average Bonchev–Trinajstić information content (AvgIpc) is 2.61. The van der Waals surface area contributed by atoms with Crippen LogP contribution in [0.5, 0.6) is 0 Å². The lowest BCUT2D eigenvalue weighted by Gasteiger charge is -2.19. The molecule has 0 saturated heterocycles. The number of aromatic nitrogens is 2. The Morgan fingerprint density at radius 1 is 1.28 bits per heavy atom. The van der Waals surface area contributed by atoms with Crippen LogP contribution in [0.4, 0.5) is 17.5 Å². The van der Waals surface area contributed by atoms with Crippen molar-refractivity contribution >= 4 is 49.1 Å². The van der Waals surface area contributed by atoms with Gasteiger partial charge in [-0.25, -0.2) is 18.5 Å². The molecule has 0 saturated carbocycles. The molecule has 29 heavy (non-hydrogen) atoms. The average molecular weight is 485 g/mol. The molecule has 11 heteroatoms. The Hall–Kier alpha value is -2.24. The fraction of sp³-hybridized carbons (Fsp3) is 0.389. The summed E-state index contributed by atoms with van der Waals surface area (Å²) in [7, 11) is -3.74. The van der Waals surface area contributed by atoms with Crippen LogP contribution in [-0.4, -0.2) is 35.7 Å². The number of anilines is 3. The van der Waals surface area contributed by atoms with E-state index in [0.29, 0.717) is 21.9 Å². The van der Waals surface area contributed by atoms with Crippen LogP contribution in [-0.2, 0) is 14.9 Å². The van der Waals surface area contributed by atoms with Crippen LogP contribution < -0.4 is 15.8 Å². The first-order valence-corrected chi connectivity index (χ1v) is 11.1. The van der Waals surface area contributed by atoms with Crippen molar-refractivity contribution in [1.82, 2.24) is 9.97 Å². The summed E-state index contributed by atoms with van der Waals surface area (Å²) >= 11 is 3.43. The van der Waals surface area contributed by atoms with Crippen molar-refractivity contribution in [3.8, 4) is 0 Å². The molecule has 1 unspecified atom stereocenters. The first-order valence-electron chi connectivity index (χ1n) is 8.77. The van der Waals surface area contributed by atoms with Crippen LogP contribution in [0.1, 0.15) is 34.6 Å². The SMILES string of the molecule is C/C(=N\OC(C)(C)C)C(C)Nc1nc(Nc2ccc(S(N)(=O)=O)cc2)ncc1Br. The van der Waals surface area contributed by atoms with Crippen molar-refractivity contribution < 1.29 is 13.3 Å². The molecule has 158 valence electrons. The van der Waals surface area contributed by atoms with E-state index in [9.17, 15) is 8.42 Å². The molecule has 0 aliphatic rings. The number of primary sulfonamides is 1. The highest BCUT2D eigenvalue weighted by Gasteiger charge is 2.15. The normalized spacial score (nSPS) is 13.7. The largest absolute Gasteiger partial charge is 0.390 e. The zero-order chi connectivity index (χ0) is 21.8. The molecule has 1 atom stereocenters. The standard InChI is InChI=1S/C18H25BrN6O3S/c1-11(12(2)25-28-18(3,4)5)22-16-15(19)10-21-17(24-16)23-13-6-8-14(9-7-13)29(20,26)27/h6-11H,1-5H3,(H2,20,26,27)(H2,21,22,23,24)/b25-12+. The van der Waals surface area contributed by atoms with E-state index in [1.54, 1.807) is 18.3 Å². The predicted octanol–water partition coefficient (Wildman–Crippen LogP) is 3.62. The Labute approximate surface area is 179 Å². The molecule has 0 fully saturated rings. The number of hydrogen-bond donors (Lipinski definition) is 3. The number of nitrogens with zero attached hydrogens (tertiary/aromatic N) is 3. The maximum Gasteiger partial charge on any atom is 0.238 e. The third kappa shape index (κ3) is 7.26. The van der Waals surface area contributed by atoms with E-state index in [1.165, 1.54) is 12.1 Å². The van der Waals surface area contributed by atoms with Crippen molar-refractivity contribution in [2.45, 2.75) is 51.2 Å². The van der Waals surface area contributed by atoms with Crippen molar-refractivity contribution in [2.24, 2.45) is 10.3 Å². The van der Waals surface area contributed by atoms with Gasteiger partial charge in [-0.3, -0.25) is 0 Å². The van der Waals surface area contributed by atoms with Gasteiger partial charge < -0.3 is 15.5 Å². The number of sulfonamides is 1. The molecule has 0 amide bonds. The van der Waals surface area contributed by atoms with E-state index in [1.807, 2.05) is 34.6 Å². The number of nitrogens with two attached hydrogens (primary N) is 1. The van der Waals surface area contributed by atoms with E-state index < -0.39 is 10.0 Å². The maximum atomic E-state index is 11.3. The van der Waals surface area contributed by atoms with Gasteiger partial charge in [-0.1, -0.05) is 5.16 Å². The predicted molar refractivity (Wildman–Crippen MR) is 118 cm³/mol. The Morgan fingerprint density at radius 3 is 2.45 bits per heavy atom. The minimum absolute atomic E-state index is 0.0307. The lowest BCUT2D eigenvalue weighted by atomic mass is 10.2. The summed E-state index contributed by atoms with van der Waals surface area (Å²) in [6, 6.07) is 5.85. The first-order chi connectivity index (χ1) is 13.3. The van der Waals surface area contributed by atoms with Crippen LogP contribution in [0, 0.1) is 0 Å². The van der Waals surface area contributed by atoms with Crippen LogP contribution in [0.15, 0.2) is 45.0 Å². The van der Waals surface area contributed by atoms with E-state index in [2.05, 4.69) is 41.7 Å². The van der Waals surface area contributed by atoms with Gasteiger partial charge in [0, 0.05) is 11.9 Å². The topological polar surface area (TPSA) is 132 Å². The van der Waals surface area contributed by atoms with Crippen LogP contribution in [0.3, 0.4) is 0 Å². The van der Waals surface area contributed by atoms with Gasteiger partial charge in [0.1, 0.15) is 11.4 Å². The van der Waals surface area contributed by atoms with Gasteiger partial charge in [0.05, 0.1) is 21.1 Å².